The Morgan fingerprint density at radius 2 is 2.04 bits per heavy atom. The van der Waals surface area contributed by atoms with E-state index in [1.165, 1.54) is 12.1 Å². The van der Waals surface area contributed by atoms with Crippen LogP contribution in [0.4, 0.5) is 16.3 Å². The van der Waals surface area contributed by atoms with Gasteiger partial charge in [0, 0.05) is 25.7 Å². The van der Waals surface area contributed by atoms with Crippen LogP contribution >= 0.6 is 15.9 Å². The van der Waals surface area contributed by atoms with Crippen molar-refractivity contribution in [3.63, 3.8) is 0 Å². The fourth-order valence-electron chi connectivity index (χ4n) is 3.08. The summed E-state index contributed by atoms with van der Waals surface area (Å²) in [5, 5.41) is 11.1. The van der Waals surface area contributed by atoms with Gasteiger partial charge in [-0.2, -0.15) is 0 Å². The molecular weight excluding hydrogens is 392 g/mol. The van der Waals surface area contributed by atoms with Gasteiger partial charge in [-0.25, -0.2) is 9.78 Å². The molecule has 25 heavy (non-hydrogen) atoms. The fraction of sp³-hybridized carbons (Fsp3) is 0.625. The lowest BCUT2D eigenvalue weighted by molar-refractivity contribution is -0.384. The van der Waals surface area contributed by atoms with Gasteiger partial charge in [0.25, 0.3) is 5.69 Å². The monoisotopic (exact) mass is 412 g/mol. The van der Waals surface area contributed by atoms with E-state index in [9.17, 15) is 14.9 Å². The molecule has 0 N–H and O–H groups in total. The molecule has 3 rings (SSSR count). The average Bonchev–Trinajstić information content (AvgIpc) is 3.24. The molecule has 1 aliphatic carbocycles. The minimum atomic E-state index is -0.531. The van der Waals surface area contributed by atoms with Crippen LogP contribution in [0, 0.1) is 10.1 Å². The maximum atomic E-state index is 12.5. The van der Waals surface area contributed by atoms with E-state index < -0.39 is 10.5 Å². The Morgan fingerprint density at radius 1 is 1.36 bits per heavy atom. The Labute approximate surface area is 154 Å². The minimum absolute atomic E-state index is 0.00343. The van der Waals surface area contributed by atoms with Crippen LogP contribution in [0.3, 0.4) is 0 Å². The number of hydrogen-bond donors (Lipinski definition) is 0. The molecule has 8 nitrogen and oxygen atoms in total. The van der Waals surface area contributed by atoms with Gasteiger partial charge in [-0.3, -0.25) is 15.0 Å². The summed E-state index contributed by atoms with van der Waals surface area (Å²) in [5.41, 5.74) is -0.785. The van der Waals surface area contributed by atoms with E-state index in [-0.39, 0.29) is 17.3 Å². The molecule has 0 unspecified atom stereocenters. The lowest BCUT2D eigenvalue weighted by atomic mass is 10.1. The van der Waals surface area contributed by atoms with Crippen LogP contribution in [0.25, 0.3) is 0 Å². The largest absolute Gasteiger partial charge is 0.444 e. The highest BCUT2D eigenvalue weighted by Gasteiger charge is 2.54. The second-order valence-corrected chi connectivity index (χ2v) is 8.35. The van der Waals surface area contributed by atoms with Gasteiger partial charge in [-0.1, -0.05) is 0 Å². The number of carbonyl (C=O) groups excluding carboxylic acids is 1. The molecule has 2 aliphatic rings. The zero-order valence-electron chi connectivity index (χ0n) is 14.5. The summed E-state index contributed by atoms with van der Waals surface area (Å²) in [6, 6.07) is 2.86. The number of nitrogens with zero attached hydrogens (tertiary/aromatic N) is 4. The number of rotatable bonds is 2. The highest BCUT2D eigenvalue weighted by Crippen LogP contribution is 2.45. The lowest BCUT2D eigenvalue weighted by Gasteiger charge is -2.42. The van der Waals surface area contributed by atoms with Gasteiger partial charge in [-0.05, 0) is 49.5 Å². The Kier molecular flexibility index (Phi) is 4.38. The van der Waals surface area contributed by atoms with Crippen molar-refractivity contribution in [1.29, 1.82) is 0 Å². The third kappa shape index (κ3) is 3.86. The van der Waals surface area contributed by atoms with E-state index >= 15 is 0 Å². The first-order valence-corrected chi connectivity index (χ1v) is 8.97. The number of aromatic nitrogens is 1. The van der Waals surface area contributed by atoms with Gasteiger partial charge in [0.15, 0.2) is 0 Å². The zero-order valence-corrected chi connectivity index (χ0v) is 16.1. The van der Waals surface area contributed by atoms with E-state index in [0.717, 1.165) is 12.8 Å². The fourth-order valence-corrected chi connectivity index (χ4v) is 3.50. The number of nitro groups is 1. The topological polar surface area (TPSA) is 88.8 Å². The maximum Gasteiger partial charge on any atom is 0.410 e. The van der Waals surface area contributed by atoms with Gasteiger partial charge >= 0.3 is 6.09 Å². The van der Waals surface area contributed by atoms with Crippen LogP contribution in [-0.4, -0.2) is 51.7 Å². The number of anilines is 1. The molecule has 1 saturated heterocycles. The molecule has 0 bridgehead atoms. The molecule has 1 amide bonds. The first kappa shape index (κ1) is 17.9. The Bertz CT molecular complexity index is 715. The van der Waals surface area contributed by atoms with E-state index in [1.54, 1.807) is 4.90 Å². The van der Waals surface area contributed by atoms with E-state index in [2.05, 4.69) is 20.9 Å². The summed E-state index contributed by atoms with van der Waals surface area (Å²) < 4.78 is 5.95. The van der Waals surface area contributed by atoms with Crippen molar-refractivity contribution in [2.45, 2.75) is 44.8 Å². The first-order valence-electron chi connectivity index (χ1n) is 8.17. The van der Waals surface area contributed by atoms with Crippen molar-refractivity contribution >= 4 is 33.5 Å². The lowest BCUT2D eigenvalue weighted by Crippen LogP contribution is -2.58. The average molecular weight is 413 g/mol. The molecule has 0 aromatic carbocycles. The Balaban J connectivity index is 1.78. The van der Waals surface area contributed by atoms with Gasteiger partial charge in [-0.15, -0.1) is 0 Å². The summed E-state index contributed by atoms with van der Waals surface area (Å²) in [5.74, 6) is 0.552. The van der Waals surface area contributed by atoms with Gasteiger partial charge in [0.2, 0.25) is 0 Å². The van der Waals surface area contributed by atoms with Crippen LogP contribution in [0.15, 0.2) is 16.7 Å². The van der Waals surface area contributed by atoms with Gasteiger partial charge in [0.1, 0.15) is 16.0 Å². The number of ether oxygens (including phenoxy) is 1. The standard InChI is InChI=1S/C16H21BrN4O4/c1-15(2,3)25-14(22)20-7-6-19(10-16(20)4-5-16)13-9-11(21(23)24)8-12(17)18-13/h8-9H,4-7,10H2,1-3H3. The zero-order chi connectivity index (χ0) is 18.4. The van der Waals surface area contributed by atoms with Crippen molar-refractivity contribution in [2.75, 3.05) is 24.5 Å². The van der Waals surface area contributed by atoms with Crippen LogP contribution in [0.2, 0.25) is 0 Å². The van der Waals surface area contributed by atoms with E-state index in [1.807, 2.05) is 25.7 Å². The number of pyridine rings is 1. The summed E-state index contributed by atoms with van der Waals surface area (Å²) >= 11 is 3.23. The number of piperazine rings is 1. The highest BCUT2D eigenvalue weighted by molar-refractivity contribution is 9.10. The highest BCUT2D eigenvalue weighted by atomic mass is 79.9. The molecule has 1 saturated carbocycles. The molecule has 1 aliphatic heterocycles. The van der Waals surface area contributed by atoms with Gasteiger partial charge < -0.3 is 9.64 Å². The van der Waals surface area contributed by atoms with Crippen LogP contribution in [0.1, 0.15) is 33.6 Å². The predicted octanol–water partition coefficient (Wildman–Crippen LogP) is 3.34. The number of amides is 1. The van der Waals surface area contributed by atoms with Crippen molar-refractivity contribution in [2.24, 2.45) is 0 Å². The van der Waals surface area contributed by atoms with Crippen LogP contribution in [0.5, 0.6) is 0 Å². The van der Waals surface area contributed by atoms with E-state index in [0.29, 0.717) is 30.1 Å². The molecule has 0 radical (unpaired) electrons. The maximum absolute atomic E-state index is 12.5. The van der Waals surface area contributed by atoms with Gasteiger partial charge in [0.05, 0.1) is 16.5 Å². The summed E-state index contributed by atoms with van der Waals surface area (Å²) in [6.45, 7) is 7.23. The predicted molar refractivity (Wildman–Crippen MR) is 95.7 cm³/mol. The van der Waals surface area contributed by atoms with Crippen molar-refractivity contribution in [1.82, 2.24) is 9.88 Å². The molecule has 1 aromatic heterocycles. The molecule has 2 heterocycles. The summed E-state index contributed by atoms with van der Waals surface area (Å²) in [7, 11) is 0. The SMILES string of the molecule is CC(C)(C)OC(=O)N1CCN(c2cc([N+](=O)[O-])cc(Br)n2)CC12CC2. The molecule has 9 heteroatoms. The molecular formula is C16H21BrN4O4. The minimum Gasteiger partial charge on any atom is -0.444 e. The normalized spacial score (nSPS) is 19.0. The second-order valence-electron chi connectivity index (χ2n) is 7.54. The Hall–Kier alpha value is -1.90. The number of halogens is 1. The first-order chi connectivity index (χ1) is 11.6. The van der Waals surface area contributed by atoms with E-state index in [4.69, 9.17) is 4.74 Å². The second kappa shape index (κ2) is 6.12. The third-order valence-corrected chi connectivity index (χ3v) is 4.80. The summed E-state index contributed by atoms with van der Waals surface area (Å²) in [4.78, 5) is 31.3. The molecule has 136 valence electrons. The van der Waals surface area contributed by atoms with Crippen molar-refractivity contribution in [3.8, 4) is 0 Å². The third-order valence-electron chi connectivity index (χ3n) is 4.39. The van der Waals surface area contributed by atoms with Crippen LogP contribution < -0.4 is 4.90 Å². The summed E-state index contributed by atoms with van der Waals surface area (Å²) in [6.07, 6.45) is 1.51. The number of hydrogen-bond acceptors (Lipinski definition) is 6. The van der Waals surface area contributed by atoms with Crippen LogP contribution in [-0.2, 0) is 4.74 Å². The number of carbonyl (C=O) groups is 1. The molecule has 1 aromatic rings. The molecule has 1 spiro atoms. The van der Waals surface area contributed by atoms with Crippen molar-refractivity contribution < 1.29 is 14.5 Å². The quantitative estimate of drug-likeness (QED) is 0.420. The smallest absolute Gasteiger partial charge is 0.410 e. The Morgan fingerprint density at radius 3 is 2.60 bits per heavy atom. The molecule has 2 fully saturated rings. The van der Waals surface area contributed by atoms with Crippen molar-refractivity contribution in [3.05, 3.63) is 26.9 Å². The molecule has 0 atom stereocenters.